The molecule has 160 valence electrons. The molecule has 0 saturated heterocycles. The van der Waals surface area contributed by atoms with E-state index < -0.39 is 18.0 Å². The van der Waals surface area contributed by atoms with E-state index in [9.17, 15) is 9.59 Å². The number of nitrogens with zero attached hydrogens (tertiary/aromatic N) is 4. The van der Waals surface area contributed by atoms with Crippen molar-refractivity contribution in [3.8, 4) is 17.2 Å². The number of amides is 1. The maximum atomic E-state index is 12.5. The van der Waals surface area contributed by atoms with Crippen LogP contribution in [0.25, 0.3) is 5.69 Å². The lowest BCUT2D eigenvalue weighted by molar-refractivity contribution is -0.123. The lowest BCUT2D eigenvalue weighted by atomic mass is 10.2. The van der Waals surface area contributed by atoms with Crippen molar-refractivity contribution < 1.29 is 19.1 Å². The van der Waals surface area contributed by atoms with Crippen molar-refractivity contribution in [3.63, 3.8) is 0 Å². The summed E-state index contributed by atoms with van der Waals surface area (Å²) in [7, 11) is 0. The first-order valence-corrected chi connectivity index (χ1v) is 9.77. The molecule has 0 fully saturated rings. The second-order valence-electron chi connectivity index (χ2n) is 6.78. The standard InChI is InChI=1S/C23H19N5O4/c1-16(31-23(30)17-6-5-7-19(14-17)28-15-24-26-27-28)22(29)25-18-10-12-21(13-11-18)32-20-8-3-2-4-9-20/h2-16H,1H3,(H,25,29). The topological polar surface area (TPSA) is 108 Å². The molecule has 1 atom stereocenters. The number of esters is 1. The molecule has 9 nitrogen and oxygen atoms in total. The van der Waals surface area contributed by atoms with Crippen molar-refractivity contribution in [3.05, 3.63) is 90.8 Å². The molecule has 32 heavy (non-hydrogen) atoms. The van der Waals surface area contributed by atoms with E-state index in [1.807, 2.05) is 30.3 Å². The number of aromatic nitrogens is 4. The summed E-state index contributed by atoms with van der Waals surface area (Å²) in [5.74, 6) is 0.269. The van der Waals surface area contributed by atoms with Crippen LogP contribution in [0.3, 0.4) is 0 Å². The summed E-state index contributed by atoms with van der Waals surface area (Å²) in [6.07, 6.45) is 0.413. The fourth-order valence-corrected chi connectivity index (χ4v) is 2.81. The molecule has 1 N–H and O–H groups in total. The first-order valence-electron chi connectivity index (χ1n) is 9.77. The van der Waals surface area contributed by atoms with Crippen molar-refractivity contribution in [1.29, 1.82) is 0 Å². The molecule has 4 aromatic rings. The molecule has 0 aliphatic rings. The molecule has 4 rings (SSSR count). The van der Waals surface area contributed by atoms with Crippen LogP contribution in [0.4, 0.5) is 5.69 Å². The quantitative estimate of drug-likeness (QED) is 0.447. The van der Waals surface area contributed by atoms with E-state index in [0.29, 0.717) is 22.9 Å². The number of ether oxygens (including phenoxy) is 2. The molecule has 0 bridgehead atoms. The van der Waals surface area contributed by atoms with Crippen molar-refractivity contribution in [1.82, 2.24) is 20.2 Å². The summed E-state index contributed by atoms with van der Waals surface area (Å²) in [5.41, 5.74) is 1.43. The molecule has 3 aromatic carbocycles. The normalized spacial score (nSPS) is 11.4. The third-order valence-electron chi connectivity index (χ3n) is 4.45. The SMILES string of the molecule is CC(OC(=O)c1cccc(-n2cnnn2)c1)C(=O)Nc1ccc(Oc2ccccc2)cc1. The number of carbonyl (C=O) groups is 2. The van der Waals surface area contributed by atoms with E-state index in [1.165, 1.54) is 17.9 Å². The minimum absolute atomic E-state index is 0.278. The van der Waals surface area contributed by atoms with Crippen LogP contribution in [0.5, 0.6) is 11.5 Å². The third kappa shape index (κ3) is 5.14. The monoisotopic (exact) mass is 429 g/mol. The van der Waals surface area contributed by atoms with Gasteiger partial charge in [-0.15, -0.1) is 5.10 Å². The fraction of sp³-hybridized carbons (Fsp3) is 0.0870. The maximum absolute atomic E-state index is 12.5. The van der Waals surface area contributed by atoms with Gasteiger partial charge >= 0.3 is 5.97 Å². The predicted molar refractivity (Wildman–Crippen MR) is 116 cm³/mol. The maximum Gasteiger partial charge on any atom is 0.338 e. The zero-order valence-electron chi connectivity index (χ0n) is 17.1. The van der Waals surface area contributed by atoms with Gasteiger partial charge in [0.15, 0.2) is 6.10 Å². The molecule has 1 amide bonds. The number of rotatable bonds is 7. The van der Waals surface area contributed by atoms with Gasteiger partial charge < -0.3 is 14.8 Å². The number of para-hydroxylation sites is 1. The van der Waals surface area contributed by atoms with Gasteiger partial charge in [0.1, 0.15) is 17.8 Å². The molecule has 1 unspecified atom stereocenters. The van der Waals surface area contributed by atoms with E-state index in [0.717, 1.165) is 0 Å². The summed E-state index contributed by atoms with van der Waals surface area (Å²) in [6.45, 7) is 1.51. The minimum atomic E-state index is -1.00. The highest BCUT2D eigenvalue weighted by Gasteiger charge is 2.19. The highest BCUT2D eigenvalue weighted by atomic mass is 16.5. The number of hydrogen-bond donors (Lipinski definition) is 1. The molecule has 0 aliphatic heterocycles. The minimum Gasteiger partial charge on any atom is -0.457 e. The van der Waals surface area contributed by atoms with Gasteiger partial charge in [0, 0.05) is 5.69 Å². The Kier molecular flexibility index (Phi) is 6.17. The highest BCUT2D eigenvalue weighted by Crippen LogP contribution is 2.22. The Morgan fingerprint density at radius 3 is 2.41 bits per heavy atom. The largest absolute Gasteiger partial charge is 0.457 e. The molecule has 0 spiro atoms. The number of anilines is 1. The van der Waals surface area contributed by atoms with Crippen molar-refractivity contribution in [2.24, 2.45) is 0 Å². The van der Waals surface area contributed by atoms with Crippen molar-refractivity contribution >= 4 is 17.6 Å². The number of benzene rings is 3. The summed E-state index contributed by atoms with van der Waals surface area (Å²) in [6, 6.07) is 22.9. The van der Waals surface area contributed by atoms with Crippen molar-refractivity contribution in [2.45, 2.75) is 13.0 Å². The van der Waals surface area contributed by atoms with Gasteiger partial charge in [-0.3, -0.25) is 4.79 Å². The summed E-state index contributed by atoms with van der Waals surface area (Å²) in [5, 5.41) is 13.6. The van der Waals surface area contributed by atoms with Gasteiger partial charge in [0.25, 0.3) is 5.91 Å². The van der Waals surface area contributed by atoms with E-state index in [1.54, 1.807) is 48.5 Å². The van der Waals surface area contributed by atoms with Crippen LogP contribution >= 0.6 is 0 Å². The third-order valence-corrected chi connectivity index (χ3v) is 4.45. The van der Waals surface area contributed by atoms with Crippen LogP contribution in [0, 0.1) is 0 Å². The Labute approximate surface area is 183 Å². The number of carbonyl (C=O) groups excluding carboxylic acids is 2. The van der Waals surface area contributed by atoms with E-state index in [4.69, 9.17) is 9.47 Å². The second kappa shape index (κ2) is 9.52. The van der Waals surface area contributed by atoms with E-state index in [-0.39, 0.29) is 5.56 Å². The Bertz CT molecular complexity index is 1190. The smallest absolute Gasteiger partial charge is 0.338 e. The molecule has 9 heteroatoms. The van der Waals surface area contributed by atoms with Gasteiger partial charge in [-0.05, 0) is 71.9 Å². The van der Waals surface area contributed by atoms with Gasteiger partial charge in [-0.2, -0.15) is 0 Å². The Hall–Kier alpha value is -4.53. The Morgan fingerprint density at radius 2 is 1.69 bits per heavy atom. The highest BCUT2D eigenvalue weighted by molar-refractivity contribution is 5.97. The average Bonchev–Trinajstić information content (AvgIpc) is 3.36. The molecule has 0 aliphatic carbocycles. The Morgan fingerprint density at radius 1 is 0.938 bits per heavy atom. The average molecular weight is 429 g/mol. The van der Waals surface area contributed by atoms with Crippen LogP contribution in [0.2, 0.25) is 0 Å². The molecule has 1 aromatic heterocycles. The zero-order chi connectivity index (χ0) is 22.3. The fourth-order valence-electron chi connectivity index (χ4n) is 2.81. The van der Waals surface area contributed by atoms with E-state index >= 15 is 0 Å². The zero-order valence-corrected chi connectivity index (χ0v) is 17.1. The number of hydrogen-bond acceptors (Lipinski definition) is 7. The first kappa shape index (κ1) is 20.7. The Balaban J connectivity index is 1.34. The summed E-state index contributed by atoms with van der Waals surface area (Å²) < 4.78 is 12.5. The molecule has 0 saturated carbocycles. The number of nitrogens with one attached hydrogen (secondary N) is 1. The van der Waals surface area contributed by atoms with Gasteiger partial charge in [-0.1, -0.05) is 24.3 Å². The van der Waals surface area contributed by atoms with Gasteiger partial charge in [-0.25, -0.2) is 9.48 Å². The molecule has 1 heterocycles. The molecular weight excluding hydrogens is 410 g/mol. The van der Waals surface area contributed by atoms with Crippen molar-refractivity contribution in [2.75, 3.05) is 5.32 Å². The summed E-state index contributed by atoms with van der Waals surface area (Å²) >= 11 is 0. The second-order valence-corrected chi connectivity index (χ2v) is 6.78. The molecular formula is C23H19N5O4. The summed E-state index contributed by atoms with van der Waals surface area (Å²) in [4.78, 5) is 24.9. The van der Waals surface area contributed by atoms with Crippen LogP contribution in [-0.4, -0.2) is 38.2 Å². The lowest BCUT2D eigenvalue weighted by Gasteiger charge is -2.14. The number of tetrazole rings is 1. The van der Waals surface area contributed by atoms with Crippen LogP contribution < -0.4 is 10.1 Å². The first-order chi connectivity index (χ1) is 15.6. The van der Waals surface area contributed by atoms with Gasteiger partial charge in [0.2, 0.25) is 0 Å². The van der Waals surface area contributed by atoms with E-state index in [2.05, 4.69) is 20.8 Å². The van der Waals surface area contributed by atoms with Gasteiger partial charge in [0.05, 0.1) is 11.3 Å². The van der Waals surface area contributed by atoms with Crippen LogP contribution in [-0.2, 0) is 9.53 Å². The van der Waals surface area contributed by atoms with Crippen LogP contribution in [0.1, 0.15) is 17.3 Å². The predicted octanol–water partition coefficient (Wildman–Crippen LogP) is 3.64. The van der Waals surface area contributed by atoms with Crippen LogP contribution in [0.15, 0.2) is 85.2 Å². The lowest BCUT2D eigenvalue weighted by Crippen LogP contribution is -2.30. The molecule has 0 radical (unpaired) electrons.